The van der Waals surface area contributed by atoms with E-state index in [1.165, 1.54) is 17.0 Å². The van der Waals surface area contributed by atoms with E-state index in [1.54, 1.807) is 31.2 Å². The Balaban J connectivity index is 2.42. The van der Waals surface area contributed by atoms with Crippen molar-refractivity contribution in [2.24, 2.45) is 0 Å². The van der Waals surface area contributed by atoms with E-state index in [0.717, 1.165) is 29.0 Å². The largest absolute Gasteiger partial charge is 0.352 e. The maximum atomic E-state index is 13.6. The molecule has 0 heterocycles. The number of hydrogen-bond donors (Lipinski definition) is 1. The monoisotopic (exact) mass is 505 g/mol. The molecule has 2 aromatic rings. The summed E-state index contributed by atoms with van der Waals surface area (Å²) in [4.78, 5) is 28.0. The highest BCUT2D eigenvalue weighted by atomic mass is 32.2. The average Bonchev–Trinajstić information content (AvgIpc) is 2.82. The number of rotatable bonds is 12. The Morgan fingerprint density at radius 3 is 2.00 bits per heavy atom. The van der Waals surface area contributed by atoms with Gasteiger partial charge in [0.15, 0.2) is 0 Å². The molecule has 9 heteroatoms. The van der Waals surface area contributed by atoms with E-state index in [4.69, 9.17) is 0 Å². The Bertz CT molecular complexity index is 1090. The topological polar surface area (TPSA) is 86.8 Å². The summed E-state index contributed by atoms with van der Waals surface area (Å²) in [6, 6.07) is 11.8. The standard InChI is InChI=1S/C26H36FN3O4S/c1-6-19(4)28-26(32)24(8-3)29(17-21-9-13-22(27)14-10-21)25(31)18-30(35(5,33)34)23-15-11-20(7-2)12-16-23/h9-16,19,24H,6-8,17-18H2,1-5H3,(H,28,32)/t19-,24+/m1/s1. The Hall–Kier alpha value is -2.94. The summed E-state index contributed by atoms with van der Waals surface area (Å²) in [5.41, 5.74) is 2.05. The van der Waals surface area contributed by atoms with Crippen LogP contribution in [0.5, 0.6) is 0 Å². The molecule has 1 N–H and O–H groups in total. The molecule has 2 atom stereocenters. The SMILES string of the molecule is CCc1ccc(N(CC(=O)N(Cc2ccc(F)cc2)[C@@H](CC)C(=O)N[C@H](C)CC)S(C)(=O)=O)cc1. The Kier molecular flexibility index (Phi) is 10.2. The van der Waals surface area contributed by atoms with Crippen molar-refractivity contribution < 1.29 is 22.4 Å². The fourth-order valence-corrected chi connectivity index (χ4v) is 4.51. The zero-order valence-electron chi connectivity index (χ0n) is 21.1. The van der Waals surface area contributed by atoms with Crippen molar-refractivity contribution in [1.29, 1.82) is 0 Å². The lowest BCUT2D eigenvalue weighted by Gasteiger charge is -2.33. The molecule has 0 aliphatic carbocycles. The molecule has 0 saturated carbocycles. The molecule has 192 valence electrons. The minimum Gasteiger partial charge on any atom is -0.352 e. The van der Waals surface area contributed by atoms with Gasteiger partial charge in [-0.05, 0) is 61.6 Å². The molecule has 2 aromatic carbocycles. The van der Waals surface area contributed by atoms with Crippen molar-refractivity contribution in [3.8, 4) is 0 Å². The van der Waals surface area contributed by atoms with Crippen LogP contribution in [0.25, 0.3) is 0 Å². The van der Waals surface area contributed by atoms with Crippen LogP contribution in [0.3, 0.4) is 0 Å². The number of carbonyl (C=O) groups is 2. The number of sulfonamides is 1. The fraction of sp³-hybridized carbons (Fsp3) is 0.462. The van der Waals surface area contributed by atoms with Crippen molar-refractivity contribution in [3.63, 3.8) is 0 Å². The Morgan fingerprint density at radius 1 is 0.943 bits per heavy atom. The quantitative estimate of drug-likeness (QED) is 0.474. The van der Waals surface area contributed by atoms with Crippen molar-refractivity contribution in [2.75, 3.05) is 17.1 Å². The van der Waals surface area contributed by atoms with Gasteiger partial charge in [0.1, 0.15) is 18.4 Å². The molecule has 0 fully saturated rings. The smallest absolute Gasteiger partial charge is 0.244 e. The van der Waals surface area contributed by atoms with Crippen LogP contribution in [0.15, 0.2) is 48.5 Å². The van der Waals surface area contributed by atoms with Crippen LogP contribution in [0.4, 0.5) is 10.1 Å². The average molecular weight is 506 g/mol. The number of carbonyl (C=O) groups excluding carboxylic acids is 2. The molecule has 0 aliphatic rings. The summed E-state index contributed by atoms with van der Waals surface area (Å²) in [5, 5.41) is 2.91. The van der Waals surface area contributed by atoms with Crippen LogP contribution in [0.1, 0.15) is 51.7 Å². The van der Waals surface area contributed by atoms with Gasteiger partial charge in [-0.1, -0.05) is 45.0 Å². The maximum absolute atomic E-state index is 13.6. The number of anilines is 1. The normalized spacial score (nSPS) is 13.1. The van der Waals surface area contributed by atoms with Crippen LogP contribution in [-0.4, -0.2) is 50.0 Å². The van der Waals surface area contributed by atoms with E-state index >= 15 is 0 Å². The predicted octanol–water partition coefficient (Wildman–Crippen LogP) is 3.88. The van der Waals surface area contributed by atoms with Crippen LogP contribution < -0.4 is 9.62 Å². The molecule has 35 heavy (non-hydrogen) atoms. The number of aryl methyl sites for hydroxylation is 1. The van der Waals surface area contributed by atoms with E-state index in [-0.39, 0.29) is 18.5 Å². The number of nitrogens with one attached hydrogen (secondary N) is 1. The molecule has 0 radical (unpaired) electrons. The van der Waals surface area contributed by atoms with E-state index in [9.17, 15) is 22.4 Å². The minimum atomic E-state index is -3.78. The van der Waals surface area contributed by atoms with E-state index < -0.39 is 34.3 Å². The van der Waals surface area contributed by atoms with Gasteiger partial charge in [0.05, 0.1) is 11.9 Å². The summed E-state index contributed by atoms with van der Waals surface area (Å²) >= 11 is 0. The van der Waals surface area contributed by atoms with E-state index in [1.807, 2.05) is 32.9 Å². The molecule has 0 spiro atoms. The fourth-order valence-electron chi connectivity index (χ4n) is 3.66. The third-order valence-electron chi connectivity index (χ3n) is 5.96. The van der Waals surface area contributed by atoms with Crippen molar-refractivity contribution >= 4 is 27.5 Å². The first-order chi connectivity index (χ1) is 16.5. The highest BCUT2D eigenvalue weighted by Gasteiger charge is 2.32. The lowest BCUT2D eigenvalue weighted by atomic mass is 10.1. The second-order valence-corrected chi connectivity index (χ2v) is 10.6. The number of nitrogens with zero attached hydrogens (tertiary/aromatic N) is 2. The molecule has 0 unspecified atom stereocenters. The highest BCUT2D eigenvalue weighted by molar-refractivity contribution is 7.92. The third-order valence-corrected chi connectivity index (χ3v) is 7.11. The van der Waals surface area contributed by atoms with Gasteiger partial charge in [-0.25, -0.2) is 12.8 Å². The zero-order chi connectivity index (χ0) is 26.2. The van der Waals surface area contributed by atoms with Gasteiger partial charge in [-0.15, -0.1) is 0 Å². The first-order valence-electron chi connectivity index (χ1n) is 11.9. The predicted molar refractivity (Wildman–Crippen MR) is 137 cm³/mol. The highest BCUT2D eigenvalue weighted by Crippen LogP contribution is 2.21. The van der Waals surface area contributed by atoms with Crippen molar-refractivity contribution in [2.45, 2.75) is 65.6 Å². The molecule has 2 amide bonds. The first kappa shape index (κ1) is 28.3. The van der Waals surface area contributed by atoms with Crippen molar-refractivity contribution in [3.05, 3.63) is 65.5 Å². The summed E-state index contributed by atoms with van der Waals surface area (Å²) in [7, 11) is -3.78. The maximum Gasteiger partial charge on any atom is 0.244 e. The molecule has 0 saturated heterocycles. The minimum absolute atomic E-state index is 0.0396. The zero-order valence-corrected chi connectivity index (χ0v) is 21.9. The summed E-state index contributed by atoms with van der Waals surface area (Å²) < 4.78 is 39.8. The van der Waals surface area contributed by atoms with E-state index in [2.05, 4.69) is 5.32 Å². The van der Waals surface area contributed by atoms with E-state index in [0.29, 0.717) is 17.7 Å². The van der Waals surface area contributed by atoms with Crippen molar-refractivity contribution in [1.82, 2.24) is 10.2 Å². The van der Waals surface area contributed by atoms with Gasteiger partial charge < -0.3 is 10.2 Å². The summed E-state index contributed by atoms with van der Waals surface area (Å²) in [5.74, 6) is -1.24. The number of hydrogen-bond acceptors (Lipinski definition) is 4. The summed E-state index contributed by atoms with van der Waals surface area (Å²) in [6.07, 6.45) is 2.90. The summed E-state index contributed by atoms with van der Waals surface area (Å²) in [6.45, 7) is 7.19. The third kappa shape index (κ3) is 8.06. The lowest BCUT2D eigenvalue weighted by molar-refractivity contribution is -0.140. The Morgan fingerprint density at radius 2 is 1.51 bits per heavy atom. The van der Waals surface area contributed by atoms with Crippen LogP contribution >= 0.6 is 0 Å². The number of benzene rings is 2. The molecular formula is C26H36FN3O4S. The van der Waals surface area contributed by atoms with Gasteiger partial charge in [-0.2, -0.15) is 0 Å². The Labute approximate surface area is 208 Å². The van der Waals surface area contributed by atoms with Gasteiger partial charge in [-0.3, -0.25) is 13.9 Å². The molecule has 7 nitrogen and oxygen atoms in total. The van der Waals surface area contributed by atoms with Gasteiger partial charge in [0.25, 0.3) is 0 Å². The second kappa shape index (κ2) is 12.7. The number of amides is 2. The lowest BCUT2D eigenvalue weighted by Crippen LogP contribution is -2.53. The number of halogens is 1. The molecule has 0 bridgehead atoms. The van der Waals surface area contributed by atoms with Gasteiger partial charge >= 0.3 is 0 Å². The second-order valence-electron chi connectivity index (χ2n) is 8.68. The van der Waals surface area contributed by atoms with Crippen LogP contribution in [0, 0.1) is 5.82 Å². The first-order valence-corrected chi connectivity index (χ1v) is 13.8. The molecule has 0 aromatic heterocycles. The van der Waals surface area contributed by atoms with Crippen LogP contribution in [-0.2, 0) is 32.6 Å². The molecule has 2 rings (SSSR count). The van der Waals surface area contributed by atoms with Gasteiger partial charge in [0, 0.05) is 12.6 Å². The van der Waals surface area contributed by atoms with Gasteiger partial charge in [0.2, 0.25) is 21.8 Å². The molecule has 0 aliphatic heterocycles. The molecular weight excluding hydrogens is 469 g/mol. The van der Waals surface area contributed by atoms with Crippen LogP contribution in [0.2, 0.25) is 0 Å².